The van der Waals surface area contributed by atoms with E-state index in [4.69, 9.17) is 5.73 Å². The van der Waals surface area contributed by atoms with Gasteiger partial charge in [-0.15, -0.1) is 0 Å². The Morgan fingerprint density at radius 3 is 2.40 bits per heavy atom. The monoisotopic (exact) mass is 142 g/mol. The van der Waals surface area contributed by atoms with Crippen molar-refractivity contribution in [1.29, 1.82) is 0 Å². The Labute approximate surface area is 59.4 Å². The van der Waals surface area contributed by atoms with Gasteiger partial charge in [-0.3, -0.25) is 0 Å². The molecule has 56 valence electrons. The quantitative estimate of drug-likeness (QED) is 0.543. The summed E-state index contributed by atoms with van der Waals surface area (Å²) in [6, 6.07) is 4.32. The van der Waals surface area contributed by atoms with Crippen molar-refractivity contribution in [2.75, 3.05) is 5.73 Å². The molecule has 0 atom stereocenters. The van der Waals surface area contributed by atoms with Crippen molar-refractivity contribution in [3.05, 3.63) is 29.6 Å². The van der Waals surface area contributed by atoms with Gasteiger partial charge in [-0.25, -0.2) is 4.39 Å². The lowest BCUT2D eigenvalue weighted by atomic mass is 10.2. The van der Waals surface area contributed by atoms with E-state index in [0.717, 1.165) is 5.56 Å². The van der Waals surface area contributed by atoms with Gasteiger partial charge in [0.05, 0.1) is 0 Å². The summed E-state index contributed by atoms with van der Waals surface area (Å²) in [6.07, 6.45) is 0. The van der Waals surface area contributed by atoms with E-state index in [1.54, 1.807) is 13.0 Å². The van der Waals surface area contributed by atoms with Crippen LogP contribution in [-0.2, 0) is 0 Å². The lowest BCUT2D eigenvalue weighted by molar-refractivity contribution is 0.627. The SMILES string of the molecule is Cc1cc(F)ccc1N.N. The highest BCUT2D eigenvalue weighted by Crippen LogP contribution is 2.10. The number of halogens is 1. The van der Waals surface area contributed by atoms with E-state index < -0.39 is 0 Å². The standard InChI is InChI=1S/C7H8FN.H3N/c1-5-4-6(8)2-3-7(5)9;/h2-4H,9H2,1H3;1H3. The molecule has 1 rings (SSSR count). The van der Waals surface area contributed by atoms with Gasteiger partial charge in [-0.2, -0.15) is 0 Å². The average Bonchev–Trinajstić information content (AvgIpc) is 1.80. The molecule has 2 nitrogen and oxygen atoms in total. The van der Waals surface area contributed by atoms with Crippen LogP contribution in [0.1, 0.15) is 5.56 Å². The molecule has 0 radical (unpaired) electrons. The molecule has 0 spiro atoms. The molecular weight excluding hydrogens is 131 g/mol. The second-order valence-electron chi connectivity index (χ2n) is 2.00. The van der Waals surface area contributed by atoms with Crippen molar-refractivity contribution < 1.29 is 4.39 Å². The Bertz CT molecular complexity index is 223. The average molecular weight is 142 g/mol. The molecule has 0 bridgehead atoms. The summed E-state index contributed by atoms with van der Waals surface area (Å²) in [5.74, 6) is -0.235. The summed E-state index contributed by atoms with van der Waals surface area (Å²) < 4.78 is 12.3. The fraction of sp³-hybridized carbons (Fsp3) is 0.143. The number of benzene rings is 1. The zero-order chi connectivity index (χ0) is 6.85. The van der Waals surface area contributed by atoms with Crippen molar-refractivity contribution in [2.24, 2.45) is 0 Å². The van der Waals surface area contributed by atoms with E-state index in [1.165, 1.54) is 12.1 Å². The normalized spacial score (nSPS) is 8.60. The van der Waals surface area contributed by atoms with Gasteiger partial charge in [-0.05, 0) is 30.7 Å². The van der Waals surface area contributed by atoms with Gasteiger partial charge in [0.2, 0.25) is 0 Å². The van der Waals surface area contributed by atoms with Gasteiger partial charge in [0.25, 0.3) is 0 Å². The molecule has 0 aromatic heterocycles. The lowest BCUT2D eigenvalue weighted by Crippen LogP contribution is -1.88. The van der Waals surface area contributed by atoms with Gasteiger partial charge < -0.3 is 11.9 Å². The molecule has 1 aromatic carbocycles. The maximum Gasteiger partial charge on any atom is 0.123 e. The first-order valence-electron chi connectivity index (χ1n) is 2.72. The highest BCUT2D eigenvalue weighted by atomic mass is 19.1. The Kier molecular flexibility index (Phi) is 2.83. The van der Waals surface area contributed by atoms with Crippen molar-refractivity contribution in [3.8, 4) is 0 Å². The molecule has 0 saturated heterocycles. The van der Waals surface area contributed by atoms with Crippen LogP contribution in [0.2, 0.25) is 0 Å². The summed E-state index contributed by atoms with van der Waals surface area (Å²) in [5.41, 5.74) is 6.84. The molecule has 0 heterocycles. The number of hydrogen-bond acceptors (Lipinski definition) is 2. The molecular formula is C7H11FN2. The lowest BCUT2D eigenvalue weighted by Gasteiger charge is -1.96. The second-order valence-corrected chi connectivity index (χ2v) is 2.00. The molecule has 0 fully saturated rings. The van der Waals surface area contributed by atoms with Gasteiger partial charge in [0.15, 0.2) is 0 Å². The molecule has 0 unspecified atom stereocenters. The van der Waals surface area contributed by atoms with Crippen LogP contribution in [0.15, 0.2) is 18.2 Å². The third kappa shape index (κ3) is 1.70. The van der Waals surface area contributed by atoms with Crippen LogP contribution < -0.4 is 11.9 Å². The number of nitrogen functional groups attached to an aromatic ring is 1. The van der Waals surface area contributed by atoms with E-state index in [0.29, 0.717) is 5.69 Å². The van der Waals surface area contributed by atoms with E-state index >= 15 is 0 Å². The van der Waals surface area contributed by atoms with Crippen molar-refractivity contribution in [2.45, 2.75) is 6.92 Å². The van der Waals surface area contributed by atoms with Gasteiger partial charge >= 0.3 is 0 Å². The summed E-state index contributed by atoms with van der Waals surface area (Å²) in [7, 11) is 0. The molecule has 0 aliphatic rings. The highest BCUT2D eigenvalue weighted by Gasteiger charge is 1.92. The zero-order valence-corrected chi connectivity index (χ0v) is 5.89. The smallest absolute Gasteiger partial charge is 0.123 e. The predicted molar refractivity (Wildman–Crippen MR) is 40.6 cm³/mol. The van der Waals surface area contributed by atoms with E-state index in [1.807, 2.05) is 0 Å². The molecule has 0 saturated carbocycles. The molecule has 0 amide bonds. The van der Waals surface area contributed by atoms with Crippen LogP contribution in [-0.4, -0.2) is 0 Å². The minimum Gasteiger partial charge on any atom is -0.399 e. The third-order valence-corrected chi connectivity index (χ3v) is 1.23. The van der Waals surface area contributed by atoms with Crippen LogP contribution >= 0.6 is 0 Å². The third-order valence-electron chi connectivity index (χ3n) is 1.23. The molecule has 10 heavy (non-hydrogen) atoms. The summed E-state index contributed by atoms with van der Waals surface area (Å²) >= 11 is 0. The topological polar surface area (TPSA) is 61.0 Å². The van der Waals surface area contributed by atoms with Crippen LogP contribution in [0.4, 0.5) is 10.1 Å². The number of rotatable bonds is 0. The summed E-state index contributed by atoms with van der Waals surface area (Å²) in [6.45, 7) is 1.78. The van der Waals surface area contributed by atoms with Gasteiger partial charge in [0, 0.05) is 5.69 Å². The Hall–Kier alpha value is -1.09. The molecule has 1 aromatic rings. The number of hydrogen-bond donors (Lipinski definition) is 2. The largest absolute Gasteiger partial charge is 0.399 e. The van der Waals surface area contributed by atoms with Crippen LogP contribution in [0.3, 0.4) is 0 Å². The zero-order valence-electron chi connectivity index (χ0n) is 5.89. The summed E-state index contributed by atoms with van der Waals surface area (Å²) in [4.78, 5) is 0. The minimum atomic E-state index is -0.235. The number of nitrogens with two attached hydrogens (primary N) is 1. The number of aryl methyl sites for hydroxylation is 1. The molecule has 0 aliphatic heterocycles. The molecule has 3 heteroatoms. The molecule has 5 N–H and O–H groups in total. The summed E-state index contributed by atoms with van der Waals surface area (Å²) in [5, 5.41) is 0. The Morgan fingerprint density at radius 2 is 2.00 bits per heavy atom. The first-order chi connectivity index (χ1) is 4.20. The molecule has 0 aliphatic carbocycles. The van der Waals surface area contributed by atoms with E-state index in [-0.39, 0.29) is 12.0 Å². The highest BCUT2D eigenvalue weighted by molar-refractivity contribution is 5.45. The second kappa shape index (κ2) is 3.17. The van der Waals surface area contributed by atoms with E-state index in [9.17, 15) is 4.39 Å². The fourth-order valence-electron chi connectivity index (χ4n) is 0.639. The minimum absolute atomic E-state index is 0. The number of anilines is 1. The Balaban J connectivity index is 0.000000810. The first kappa shape index (κ1) is 8.91. The fourth-order valence-corrected chi connectivity index (χ4v) is 0.639. The van der Waals surface area contributed by atoms with Crippen molar-refractivity contribution in [1.82, 2.24) is 6.15 Å². The maximum absolute atomic E-state index is 12.3. The van der Waals surface area contributed by atoms with Crippen LogP contribution in [0.25, 0.3) is 0 Å². The van der Waals surface area contributed by atoms with E-state index in [2.05, 4.69) is 0 Å². The Morgan fingerprint density at radius 1 is 1.40 bits per heavy atom. The maximum atomic E-state index is 12.3. The van der Waals surface area contributed by atoms with Crippen molar-refractivity contribution in [3.63, 3.8) is 0 Å². The van der Waals surface area contributed by atoms with Gasteiger partial charge in [-0.1, -0.05) is 0 Å². The van der Waals surface area contributed by atoms with Crippen molar-refractivity contribution >= 4 is 5.69 Å². The van der Waals surface area contributed by atoms with Gasteiger partial charge in [0.1, 0.15) is 5.82 Å². The van der Waals surface area contributed by atoms with Crippen LogP contribution in [0, 0.1) is 12.7 Å². The predicted octanol–water partition coefficient (Wildman–Crippen LogP) is 1.88. The van der Waals surface area contributed by atoms with Crippen LogP contribution in [0.5, 0.6) is 0 Å². The first-order valence-corrected chi connectivity index (χ1v) is 2.72.